The lowest BCUT2D eigenvalue weighted by Gasteiger charge is -1.98. The Bertz CT molecular complexity index is 303. The van der Waals surface area contributed by atoms with Crippen LogP contribution in [-0.4, -0.2) is 11.1 Å². The van der Waals surface area contributed by atoms with Crippen LogP contribution in [0.4, 0.5) is 5.69 Å². The summed E-state index contributed by atoms with van der Waals surface area (Å²) in [7, 11) is 0. The van der Waals surface area contributed by atoms with E-state index in [9.17, 15) is 4.79 Å². The average Bonchev–Trinajstić information content (AvgIpc) is 1.94. The summed E-state index contributed by atoms with van der Waals surface area (Å²) in [6.45, 7) is 0. The average molecular weight is 299 g/mol. The van der Waals surface area contributed by atoms with E-state index in [1.807, 2.05) is 22.6 Å². The fraction of sp³-hybridized carbons (Fsp3) is 0. The number of benzene rings is 1. The highest BCUT2D eigenvalue weighted by Gasteiger charge is 2.06. The molecule has 1 aromatic rings. The van der Waals surface area contributed by atoms with Crippen molar-refractivity contribution in [1.82, 2.24) is 0 Å². The summed E-state index contributed by atoms with van der Waals surface area (Å²) in [4.78, 5) is 10.5. The molecule has 0 aliphatic rings. The first-order valence-electron chi connectivity index (χ1n) is 2.89. The van der Waals surface area contributed by atoms with Gasteiger partial charge < -0.3 is 10.8 Å². The number of rotatable bonds is 1. The predicted molar refractivity (Wildman–Crippen MR) is 57.8 cm³/mol. The monoisotopic (exact) mass is 299 g/mol. The van der Waals surface area contributed by atoms with Crippen LogP contribution in [0.3, 0.4) is 0 Å². The third kappa shape index (κ3) is 2.53. The van der Waals surface area contributed by atoms with Crippen molar-refractivity contribution < 1.29 is 9.90 Å². The molecule has 0 saturated heterocycles. The molecule has 0 aliphatic carbocycles. The lowest BCUT2D eigenvalue weighted by molar-refractivity contribution is 0.0696. The Balaban J connectivity index is 0.00000121. The zero-order valence-corrected chi connectivity index (χ0v) is 8.93. The molecule has 12 heavy (non-hydrogen) atoms. The van der Waals surface area contributed by atoms with E-state index in [0.717, 1.165) is 0 Å². The van der Waals surface area contributed by atoms with Crippen LogP contribution in [0.5, 0.6) is 0 Å². The molecular formula is C7H7ClINO2. The maximum atomic E-state index is 10.5. The van der Waals surface area contributed by atoms with Crippen LogP contribution in [0.2, 0.25) is 0 Å². The van der Waals surface area contributed by atoms with Crippen molar-refractivity contribution in [2.45, 2.75) is 0 Å². The van der Waals surface area contributed by atoms with Gasteiger partial charge in [-0.2, -0.15) is 0 Å². The Kier molecular flexibility index (Phi) is 4.33. The molecule has 0 heterocycles. The number of carboxylic acid groups (broad SMARTS) is 1. The van der Waals surface area contributed by atoms with Crippen LogP contribution in [0.1, 0.15) is 10.4 Å². The third-order valence-electron chi connectivity index (χ3n) is 1.22. The highest BCUT2D eigenvalue weighted by molar-refractivity contribution is 14.1. The molecule has 1 rings (SSSR count). The molecule has 0 spiro atoms. The fourth-order valence-electron chi connectivity index (χ4n) is 0.707. The summed E-state index contributed by atoms with van der Waals surface area (Å²) in [5.41, 5.74) is 6.13. The molecule has 66 valence electrons. The van der Waals surface area contributed by atoms with Crippen LogP contribution in [-0.2, 0) is 0 Å². The topological polar surface area (TPSA) is 63.3 Å². The number of hydrogen-bond acceptors (Lipinski definition) is 2. The number of carbonyl (C=O) groups is 1. The van der Waals surface area contributed by atoms with Crippen LogP contribution >= 0.6 is 35.0 Å². The SMILES string of the molecule is Cl.Nc1ccc(I)c(C(=O)O)c1. The summed E-state index contributed by atoms with van der Waals surface area (Å²) in [6.07, 6.45) is 0. The van der Waals surface area contributed by atoms with Crippen molar-refractivity contribution in [3.8, 4) is 0 Å². The van der Waals surface area contributed by atoms with Gasteiger partial charge in [-0.05, 0) is 40.8 Å². The van der Waals surface area contributed by atoms with E-state index in [-0.39, 0.29) is 18.0 Å². The first kappa shape index (κ1) is 11.5. The van der Waals surface area contributed by atoms with Crippen molar-refractivity contribution in [2.75, 3.05) is 5.73 Å². The van der Waals surface area contributed by atoms with Gasteiger partial charge in [0.2, 0.25) is 0 Å². The summed E-state index contributed by atoms with van der Waals surface area (Å²) in [5, 5.41) is 8.63. The van der Waals surface area contributed by atoms with Gasteiger partial charge in [-0.25, -0.2) is 4.79 Å². The van der Waals surface area contributed by atoms with Gasteiger partial charge in [0.1, 0.15) is 0 Å². The van der Waals surface area contributed by atoms with E-state index in [4.69, 9.17) is 10.8 Å². The first-order chi connectivity index (χ1) is 5.11. The van der Waals surface area contributed by atoms with Gasteiger partial charge in [0.25, 0.3) is 0 Å². The smallest absolute Gasteiger partial charge is 0.336 e. The molecule has 0 aliphatic heterocycles. The van der Waals surface area contributed by atoms with Gasteiger partial charge in [0.15, 0.2) is 0 Å². The van der Waals surface area contributed by atoms with Crippen LogP contribution in [0, 0.1) is 3.57 Å². The zero-order chi connectivity index (χ0) is 8.43. The van der Waals surface area contributed by atoms with Crippen molar-refractivity contribution >= 4 is 46.7 Å². The van der Waals surface area contributed by atoms with Gasteiger partial charge in [-0.3, -0.25) is 0 Å². The van der Waals surface area contributed by atoms with E-state index in [1.54, 1.807) is 12.1 Å². The van der Waals surface area contributed by atoms with E-state index in [1.165, 1.54) is 6.07 Å². The van der Waals surface area contributed by atoms with E-state index in [2.05, 4.69) is 0 Å². The zero-order valence-electron chi connectivity index (χ0n) is 5.95. The fourth-order valence-corrected chi connectivity index (χ4v) is 1.27. The Morgan fingerprint density at radius 2 is 2.08 bits per heavy atom. The van der Waals surface area contributed by atoms with Crippen LogP contribution < -0.4 is 5.73 Å². The Labute approximate surface area is 89.5 Å². The van der Waals surface area contributed by atoms with E-state index in [0.29, 0.717) is 9.26 Å². The minimum Gasteiger partial charge on any atom is -0.478 e. The standard InChI is InChI=1S/C7H6INO2.ClH/c8-6-2-1-4(9)3-5(6)7(10)11;/h1-3H,9H2,(H,10,11);1H. The molecule has 5 heteroatoms. The molecule has 3 nitrogen and oxygen atoms in total. The lowest BCUT2D eigenvalue weighted by Crippen LogP contribution is -2.00. The molecule has 0 fully saturated rings. The number of anilines is 1. The molecule has 0 bridgehead atoms. The lowest BCUT2D eigenvalue weighted by atomic mass is 10.2. The minimum absolute atomic E-state index is 0. The van der Waals surface area contributed by atoms with E-state index >= 15 is 0 Å². The second kappa shape index (κ2) is 4.51. The molecule has 0 saturated carbocycles. The van der Waals surface area contributed by atoms with Crippen molar-refractivity contribution in [3.63, 3.8) is 0 Å². The van der Waals surface area contributed by atoms with Crippen molar-refractivity contribution in [1.29, 1.82) is 0 Å². The van der Waals surface area contributed by atoms with Gasteiger partial charge in [-0.15, -0.1) is 12.4 Å². The Morgan fingerprint density at radius 1 is 1.50 bits per heavy atom. The number of nitrogens with two attached hydrogens (primary N) is 1. The van der Waals surface area contributed by atoms with Crippen LogP contribution in [0.25, 0.3) is 0 Å². The molecule has 0 aromatic heterocycles. The van der Waals surface area contributed by atoms with Gasteiger partial charge in [0, 0.05) is 9.26 Å². The maximum Gasteiger partial charge on any atom is 0.336 e. The van der Waals surface area contributed by atoms with Crippen molar-refractivity contribution in [3.05, 3.63) is 27.3 Å². The normalized spacial score (nSPS) is 8.75. The maximum absolute atomic E-state index is 10.5. The molecule has 3 N–H and O–H groups in total. The third-order valence-corrected chi connectivity index (χ3v) is 2.16. The van der Waals surface area contributed by atoms with Gasteiger partial charge in [0.05, 0.1) is 5.56 Å². The number of aromatic carboxylic acids is 1. The summed E-state index contributed by atoms with van der Waals surface area (Å²) in [5.74, 6) is -0.943. The first-order valence-corrected chi connectivity index (χ1v) is 3.97. The molecule has 0 radical (unpaired) electrons. The number of halogens is 2. The van der Waals surface area contributed by atoms with Gasteiger partial charge >= 0.3 is 5.97 Å². The molecular weight excluding hydrogens is 292 g/mol. The summed E-state index contributed by atoms with van der Waals surface area (Å²) in [6, 6.07) is 4.80. The number of hydrogen-bond donors (Lipinski definition) is 2. The Hall–Kier alpha value is -0.490. The molecule has 0 unspecified atom stereocenters. The van der Waals surface area contributed by atoms with Gasteiger partial charge in [-0.1, -0.05) is 0 Å². The largest absolute Gasteiger partial charge is 0.478 e. The second-order valence-electron chi connectivity index (χ2n) is 2.04. The number of nitrogen functional groups attached to an aromatic ring is 1. The number of carboxylic acids is 1. The minimum atomic E-state index is -0.943. The Morgan fingerprint density at radius 3 is 2.50 bits per heavy atom. The summed E-state index contributed by atoms with van der Waals surface area (Å²) >= 11 is 1.96. The highest BCUT2D eigenvalue weighted by Crippen LogP contribution is 2.15. The van der Waals surface area contributed by atoms with Crippen molar-refractivity contribution in [2.24, 2.45) is 0 Å². The quantitative estimate of drug-likeness (QED) is 0.616. The molecule has 1 aromatic carbocycles. The van der Waals surface area contributed by atoms with Crippen LogP contribution in [0.15, 0.2) is 18.2 Å². The molecule has 0 atom stereocenters. The molecule has 0 amide bonds. The summed E-state index contributed by atoms with van der Waals surface area (Å²) < 4.78 is 0.698. The van der Waals surface area contributed by atoms with E-state index < -0.39 is 5.97 Å². The second-order valence-corrected chi connectivity index (χ2v) is 3.21. The predicted octanol–water partition coefficient (Wildman–Crippen LogP) is 1.99. The highest BCUT2D eigenvalue weighted by atomic mass is 127.